The van der Waals surface area contributed by atoms with E-state index in [1.54, 1.807) is 18.2 Å². The molecule has 1 aromatic heterocycles. The van der Waals surface area contributed by atoms with Crippen molar-refractivity contribution in [3.63, 3.8) is 0 Å². The molecule has 2 aromatic carbocycles. The van der Waals surface area contributed by atoms with Crippen LogP contribution in [0.15, 0.2) is 24.3 Å². The minimum Gasteiger partial charge on any atom is -0.394 e. The molecule has 3 N–H and O–H groups in total. The number of aromatic nitrogens is 1. The first kappa shape index (κ1) is 12.9. The van der Waals surface area contributed by atoms with Crippen molar-refractivity contribution in [1.29, 1.82) is 0 Å². The third kappa shape index (κ3) is 1.59. The summed E-state index contributed by atoms with van der Waals surface area (Å²) in [5.41, 5.74) is 6.93. The van der Waals surface area contributed by atoms with E-state index in [0.717, 1.165) is 5.52 Å². The molecule has 3 aromatic rings. The molecule has 0 aliphatic rings. The number of aryl methyl sites for hydroxylation is 1. The average molecular weight is 276 g/mol. The molecule has 0 aliphatic carbocycles. The molecule has 0 fully saturated rings. The summed E-state index contributed by atoms with van der Waals surface area (Å²) in [6, 6.07) is 6.54. The van der Waals surface area contributed by atoms with Gasteiger partial charge in [0, 0.05) is 28.9 Å². The van der Waals surface area contributed by atoms with E-state index in [1.807, 2.05) is 11.5 Å². The number of nitrogens with zero attached hydrogens (tertiary/aromatic N) is 1. The van der Waals surface area contributed by atoms with E-state index in [1.165, 1.54) is 6.07 Å². The number of halogens is 2. The maximum atomic E-state index is 14.3. The summed E-state index contributed by atoms with van der Waals surface area (Å²) in [7, 11) is 0. The molecule has 0 atom stereocenters. The number of nitrogens with two attached hydrogens (primary N) is 1. The van der Waals surface area contributed by atoms with E-state index < -0.39 is 17.3 Å². The van der Waals surface area contributed by atoms with Gasteiger partial charge in [-0.2, -0.15) is 0 Å². The molecule has 0 radical (unpaired) electrons. The topological polar surface area (TPSA) is 51.2 Å². The molecule has 1 heterocycles. The molecule has 3 nitrogen and oxygen atoms in total. The first-order valence-corrected chi connectivity index (χ1v) is 6.37. The molecule has 0 aliphatic heterocycles. The lowest BCUT2D eigenvalue weighted by Crippen LogP contribution is -1.98. The lowest BCUT2D eigenvalue weighted by atomic mass is 10.1. The zero-order valence-corrected chi connectivity index (χ0v) is 11.0. The maximum Gasteiger partial charge on any atom is 0.159 e. The van der Waals surface area contributed by atoms with Gasteiger partial charge in [0.2, 0.25) is 0 Å². The van der Waals surface area contributed by atoms with E-state index in [4.69, 9.17) is 5.73 Å². The second-order valence-corrected chi connectivity index (χ2v) is 4.73. The summed E-state index contributed by atoms with van der Waals surface area (Å²) >= 11 is 0. The van der Waals surface area contributed by atoms with Gasteiger partial charge < -0.3 is 15.4 Å². The Morgan fingerprint density at radius 1 is 1.20 bits per heavy atom. The lowest BCUT2D eigenvalue weighted by Gasteiger charge is -2.04. The first-order chi connectivity index (χ1) is 9.58. The minimum atomic E-state index is -0.755. The van der Waals surface area contributed by atoms with E-state index in [2.05, 4.69) is 0 Å². The molecular weight excluding hydrogens is 262 g/mol. The van der Waals surface area contributed by atoms with Crippen LogP contribution >= 0.6 is 0 Å². The Balaban J connectivity index is 2.57. The van der Waals surface area contributed by atoms with Gasteiger partial charge in [0.15, 0.2) is 11.6 Å². The highest BCUT2D eigenvalue weighted by atomic mass is 19.1. The monoisotopic (exact) mass is 276 g/mol. The molecule has 20 heavy (non-hydrogen) atoms. The quantitative estimate of drug-likeness (QED) is 0.706. The van der Waals surface area contributed by atoms with Gasteiger partial charge in [0.05, 0.1) is 12.1 Å². The average Bonchev–Trinajstić information content (AvgIpc) is 2.77. The number of rotatable bonds is 2. The molecule has 0 saturated heterocycles. The second-order valence-electron chi connectivity index (χ2n) is 4.73. The molecule has 104 valence electrons. The normalized spacial score (nSPS) is 11.6. The van der Waals surface area contributed by atoms with Gasteiger partial charge in [0.25, 0.3) is 0 Å². The predicted molar refractivity (Wildman–Crippen MR) is 75.4 cm³/mol. The van der Waals surface area contributed by atoms with Gasteiger partial charge in [-0.15, -0.1) is 0 Å². The van der Waals surface area contributed by atoms with Gasteiger partial charge in [0.1, 0.15) is 5.69 Å². The molecule has 0 amide bonds. The third-order valence-electron chi connectivity index (χ3n) is 3.64. The molecule has 0 saturated carbocycles. The number of aliphatic hydroxyl groups is 1. The van der Waals surface area contributed by atoms with Crippen LogP contribution in [0.2, 0.25) is 0 Å². The van der Waals surface area contributed by atoms with Gasteiger partial charge in [-0.05, 0) is 24.6 Å². The van der Waals surface area contributed by atoms with Crippen LogP contribution < -0.4 is 5.73 Å². The Morgan fingerprint density at radius 2 is 1.95 bits per heavy atom. The third-order valence-corrected chi connectivity index (χ3v) is 3.64. The van der Waals surface area contributed by atoms with Crippen LogP contribution in [0.25, 0.3) is 21.8 Å². The fourth-order valence-electron chi connectivity index (χ4n) is 2.68. The van der Waals surface area contributed by atoms with Crippen LogP contribution in [0, 0.1) is 11.6 Å². The van der Waals surface area contributed by atoms with Crippen molar-refractivity contribution in [2.45, 2.75) is 20.1 Å². The largest absolute Gasteiger partial charge is 0.394 e. The smallest absolute Gasteiger partial charge is 0.159 e. The molecular formula is C15H14F2N2O. The Kier molecular flexibility index (Phi) is 2.87. The highest BCUT2D eigenvalue weighted by Crippen LogP contribution is 2.35. The standard InChI is InChI=1S/C15H14F2N2O/c1-2-19-11-4-3-8(7-20)5-9(11)13-12(19)6-10(16)15(18)14(13)17/h3-6,20H,2,7,18H2,1H3. The maximum absolute atomic E-state index is 14.3. The number of anilines is 1. The number of benzene rings is 2. The van der Waals surface area contributed by atoms with Crippen molar-refractivity contribution in [1.82, 2.24) is 4.57 Å². The summed E-state index contributed by atoms with van der Waals surface area (Å²) in [6.07, 6.45) is 0. The Morgan fingerprint density at radius 3 is 2.60 bits per heavy atom. The van der Waals surface area contributed by atoms with Crippen LogP contribution in [-0.2, 0) is 13.2 Å². The van der Waals surface area contributed by atoms with Crippen LogP contribution in [-0.4, -0.2) is 9.67 Å². The van der Waals surface area contributed by atoms with Gasteiger partial charge in [-0.1, -0.05) is 6.07 Å². The minimum absolute atomic E-state index is 0.132. The number of hydrogen-bond donors (Lipinski definition) is 2. The van der Waals surface area contributed by atoms with E-state index in [-0.39, 0.29) is 6.61 Å². The zero-order valence-electron chi connectivity index (χ0n) is 11.0. The molecule has 0 spiro atoms. The fraction of sp³-hybridized carbons (Fsp3) is 0.200. The number of aliphatic hydroxyl groups excluding tert-OH is 1. The van der Waals surface area contributed by atoms with Crippen molar-refractivity contribution >= 4 is 27.5 Å². The van der Waals surface area contributed by atoms with Crippen molar-refractivity contribution in [3.8, 4) is 0 Å². The highest BCUT2D eigenvalue weighted by Gasteiger charge is 2.18. The van der Waals surface area contributed by atoms with Crippen LogP contribution in [0.1, 0.15) is 12.5 Å². The van der Waals surface area contributed by atoms with Gasteiger partial charge >= 0.3 is 0 Å². The summed E-state index contributed by atoms with van der Waals surface area (Å²) in [5.74, 6) is -1.50. The SMILES string of the molecule is CCn1c2ccc(CO)cc2c2c(F)c(N)c(F)cc21. The molecule has 3 rings (SSSR count). The van der Waals surface area contributed by atoms with Gasteiger partial charge in [-0.25, -0.2) is 8.78 Å². The van der Waals surface area contributed by atoms with Crippen LogP contribution in [0.3, 0.4) is 0 Å². The lowest BCUT2D eigenvalue weighted by molar-refractivity contribution is 0.282. The predicted octanol–water partition coefficient (Wildman–Crippen LogP) is 3.17. The highest BCUT2D eigenvalue weighted by molar-refractivity contribution is 6.09. The van der Waals surface area contributed by atoms with E-state index >= 15 is 0 Å². The Labute approximate surface area is 114 Å². The summed E-state index contributed by atoms with van der Waals surface area (Å²) in [5, 5.41) is 10.2. The Hall–Kier alpha value is -2.14. The molecule has 0 unspecified atom stereocenters. The first-order valence-electron chi connectivity index (χ1n) is 6.37. The van der Waals surface area contributed by atoms with Crippen molar-refractivity contribution < 1.29 is 13.9 Å². The van der Waals surface area contributed by atoms with E-state index in [0.29, 0.717) is 28.4 Å². The Bertz CT molecular complexity index is 824. The number of nitrogen functional groups attached to an aromatic ring is 1. The second kappa shape index (κ2) is 4.45. The van der Waals surface area contributed by atoms with Crippen LogP contribution in [0.4, 0.5) is 14.5 Å². The number of fused-ring (bicyclic) bond motifs is 3. The van der Waals surface area contributed by atoms with Crippen molar-refractivity contribution in [2.75, 3.05) is 5.73 Å². The van der Waals surface area contributed by atoms with E-state index in [9.17, 15) is 13.9 Å². The van der Waals surface area contributed by atoms with Crippen LogP contribution in [0.5, 0.6) is 0 Å². The fourth-order valence-corrected chi connectivity index (χ4v) is 2.68. The van der Waals surface area contributed by atoms with Crippen molar-refractivity contribution in [2.24, 2.45) is 0 Å². The zero-order chi connectivity index (χ0) is 14.4. The molecule has 5 heteroatoms. The summed E-state index contributed by atoms with van der Waals surface area (Å²) < 4.78 is 29.8. The summed E-state index contributed by atoms with van der Waals surface area (Å²) in [6.45, 7) is 2.36. The summed E-state index contributed by atoms with van der Waals surface area (Å²) in [4.78, 5) is 0. The number of hydrogen-bond acceptors (Lipinski definition) is 2. The molecule has 0 bridgehead atoms. The van der Waals surface area contributed by atoms with Gasteiger partial charge in [-0.3, -0.25) is 0 Å². The van der Waals surface area contributed by atoms with Crippen molar-refractivity contribution in [3.05, 3.63) is 41.5 Å².